The molecule has 1 fully saturated rings. The molecule has 1 atom stereocenters. The maximum absolute atomic E-state index is 11.1. The molecule has 1 saturated heterocycles. The average Bonchev–Trinajstić information content (AvgIpc) is 2.39. The molecule has 1 aliphatic rings. The molecule has 106 valence electrons. The SMILES string of the molecule is CS(=O)(=O)CCN[C@@H]1CCCN(c2cccnn2)C1. The molecule has 0 saturated carbocycles. The highest BCUT2D eigenvalue weighted by molar-refractivity contribution is 7.90. The van der Waals surface area contributed by atoms with E-state index < -0.39 is 9.84 Å². The molecule has 6 nitrogen and oxygen atoms in total. The van der Waals surface area contributed by atoms with Crippen molar-refractivity contribution in [2.45, 2.75) is 18.9 Å². The number of nitrogens with one attached hydrogen (secondary N) is 1. The molecule has 1 N–H and O–H groups in total. The maximum atomic E-state index is 11.1. The Kier molecular flexibility index (Phi) is 4.71. The molecule has 2 heterocycles. The van der Waals surface area contributed by atoms with E-state index in [4.69, 9.17) is 0 Å². The summed E-state index contributed by atoms with van der Waals surface area (Å²) in [7, 11) is -2.89. The van der Waals surface area contributed by atoms with Crippen molar-refractivity contribution in [3.05, 3.63) is 18.3 Å². The van der Waals surface area contributed by atoms with Crippen LogP contribution >= 0.6 is 0 Å². The van der Waals surface area contributed by atoms with E-state index in [0.717, 1.165) is 31.7 Å². The predicted octanol–water partition coefficient (Wildman–Crippen LogP) is 0.0796. The van der Waals surface area contributed by atoms with E-state index in [1.54, 1.807) is 6.20 Å². The molecule has 0 radical (unpaired) electrons. The second-order valence-electron chi connectivity index (χ2n) is 4.95. The lowest BCUT2D eigenvalue weighted by molar-refractivity contribution is 0.429. The van der Waals surface area contributed by atoms with Gasteiger partial charge in [-0.15, -0.1) is 5.10 Å². The lowest BCUT2D eigenvalue weighted by Crippen LogP contribution is -2.47. The molecule has 0 bridgehead atoms. The molecule has 1 aromatic rings. The summed E-state index contributed by atoms with van der Waals surface area (Å²) in [5.41, 5.74) is 0. The summed E-state index contributed by atoms with van der Waals surface area (Å²) in [6.07, 6.45) is 5.07. The van der Waals surface area contributed by atoms with E-state index >= 15 is 0 Å². The molecule has 19 heavy (non-hydrogen) atoms. The van der Waals surface area contributed by atoms with Gasteiger partial charge >= 0.3 is 0 Å². The first kappa shape index (κ1) is 14.2. The van der Waals surface area contributed by atoms with E-state index in [1.165, 1.54) is 6.26 Å². The summed E-state index contributed by atoms with van der Waals surface area (Å²) >= 11 is 0. The van der Waals surface area contributed by atoms with Gasteiger partial charge in [0.05, 0.1) is 5.75 Å². The monoisotopic (exact) mass is 284 g/mol. The normalized spacial score (nSPS) is 20.5. The molecule has 2 rings (SSSR count). The second-order valence-corrected chi connectivity index (χ2v) is 7.21. The molecule has 0 unspecified atom stereocenters. The second kappa shape index (κ2) is 6.29. The van der Waals surface area contributed by atoms with Gasteiger partial charge in [-0.05, 0) is 25.0 Å². The first-order valence-corrected chi connectivity index (χ1v) is 8.54. The Hall–Kier alpha value is -1.21. The molecule has 1 aromatic heterocycles. The van der Waals surface area contributed by atoms with Crippen molar-refractivity contribution in [3.63, 3.8) is 0 Å². The number of sulfone groups is 1. The fraction of sp³-hybridized carbons (Fsp3) is 0.667. The van der Waals surface area contributed by atoms with Crippen LogP contribution in [0.3, 0.4) is 0 Å². The minimum atomic E-state index is -2.89. The van der Waals surface area contributed by atoms with Crippen LogP contribution in [0.15, 0.2) is 18.3 Å². The Morgan fingerprint density at radius 1 is 1.53 bits per heavy atom. The van der Waals surface area contributed by atoms with Crippen LogP contribution in [0, 0.1) is 0 Å². The van der Waals surface area contributed by atoms with Gasteiger partial charge in [0.1, 0.15) is 9.84 Å². The first-order chi connectivity index (χ1) is 9.04. The van der Waals surface area contributed by atoms with Crippen LogP contribution in [0.5, 0.6) is 0 Å². The third kappa shape index (κ3) is 4.76. The number of hydrogen-bond acceptors (Lipinski definition) is 6. The highest BCUT2D eigenvalue weighted by Crippen LogP contribution is 2.16. The van der Waals surface area contributed by atoms with Gasteiger partial charge in [-0.25, -0.2) is 8.42 Å². The number of anilines is 1. The molecule has 0 spiro atoms. The molecular weight excluding hydrogens is 264 g/mol. The zero-order valence-corrected chi connectivity index (χ0v) is 11.9. The van der Waals surface area contributed by atoms with E-state index in [1.807, 2.05) is 12.1 Å². The quantitative estimate of drug-likeness (QED) is 0.825. The largest absolute Gasteiger partial charge is 0.354 e. The number of nitrogens with zero attached hydrogens (tertiary/aromatic N) is 3. The van der Waals surface area contributed by atoms with Crippen LogP contribution in [-0.2, 0) is 9.84 Å². The lowest BCUT2D eigenvalue weighted by atomic mass is 10.1. The third-order valence-electron chi connectivity index (χ3n) is 3.21. The van der Waals surface area contributed by atoms with Crippen LogP contribution in [0.2, 0.25) is 0 Å². The number of hydrogen-bond donors (Lipinski definition) is 1. The first-order valence-electron chi connectivity index (χ1n) is 6.48. The number of piperidine rings is 1. The minimum Gasteiger partial charge on any atom is -0.354 e. The topological polar surface area (TPSA) is 75.2 Å². The summed E-state index contributed by atoms with van der Waals surface area (Å²) in [5.74, 6) is 1.08. The van der Waals surface area contributed by atoms with Crippen molar-refractivity contribution in [1.29, 1.82) is 0 Å². The Balaban J connectivity index is 1.84. The van der Waals surface area contributed by atoms with Crippen LogP contribution in [0.4, 0.5) is 5.82 Å². The van der Waals surface area contributed by atoms with E-state index in [9.17, 15) is 8.42 Å². The highest BCUT2D eigenvalue weighted by atomic mass is 32.2. The van der Waals surface area contributed by atoms with Gasteiger partial charge in [-0.1, -0.05) is 0 Å². The van der Waals surface area contributed by atoms with Crippen molar-refractivity contribution in [1.82, 2.24) is 15.5 Å². The van der Waals surface area contributed by atoms with Crippen LogP contribution in [-0.4, -0.2) is 56.3 Å². The zero-order valence-electron chi connectivity index (χ0n) is 11.1. The molecule has 0 aliphatic carbocycles. The van der Waals surface area contributed by atoms with Crippen LogP contribution in [0.1, 0.15) is 12.8 Å². The van der Waals surface area contributed by atoms with Gasteiger partial charge in [0, 0.05) is 38.1 Å². The Labute approximate surface area is 114 Å². The summed E-state index contributed by atoms with van der Waals surface area (Å²) in [5, 5.41) is 11.3. The average molecular weight is 284 g/mol. The standard InChI is InChI=1S/C12H20N4O2S/c1-19(17,18)9-7-13-11-4-3-8-16(10-11)12-5-2-6-14-15-12/h2,5-6,11,13H,3-4,7-10H2,1H3/t11-/m1/s1. The lowest BCUT2D eigenvalue weighted by Gasteiger charge is -2.33. The van der Waals surface area contributed by atoms with Gasteiger partial charge in [-0.2, -0.15) is 5.10 Å². The predicted molar refractivity (Wildman–Crippen MR) is 75.0 cm³/mol. The van der Waals surface area contributed by atoms with Crippen molar-refractivity contribution < 1.29 is 8.42 Å². The van der Waals surface area contributed by atoms with Crippen molar-refractivity contribution in [2.75, 3.05) is 36.5 Å². The Morgan fingerprint density at radius 3 is 3.05 bits per heavy atom. The number of rotatable bonds is 5. The number of aromatic nitrogens is 2. The Bertz CT molecular complexity index is 492. The van der Waals surface area contributed by atoms with Crippen molar-refractivity contribution in [3.8, 4) is 0 Å². The summed E-state index contributed by atoms with van der Waals surface area (Å²) in [6.45, 7) is 2.34. The van der Waals surface area contributed by atoms with E-state index in [0.29, 0.717) is 12.6 Å². The highest BCUT2D eigenvalue weighted by Gasteiger charge is 2.20. The third-order valence-corrected chi connectivity index (χ3v) is 4.16. The molecule has 0 aromatic carbocycles. The van der Waals surface area contributed by atoms with Crippen molar-refractivity contribution in [2.24, 2.45) is 0 Å². The fourth-order valence-corrected chi connectivity index (χ4v) is 2.75. The minimum absolute atomic E-state index is 0.189. The maximum Gasteiger partial charge on any atom is 0.151 e. The summed E-state index contributed by atoms with van der Waals surface area (Å²) in [4.78, 5) is 2.19. The fourth-order valence-electron chi connectivity index (χ4n) is 2.26. The molecule has 7 heteroatoms. The summed E-state index contributed by atoms with van der Waals surface area (Å²) in [6, 6.07) is 4.15. The molecule has 0 amide bonds. The summed E-state index contributed by atoms with van der Waals surface area (Å²) < 4.78 is 22.2. The van der Waals surface area contributed by atoms with Crippen molar-refractivity contribution >= 4 is 15.7 Å². The van der Waals surface area contributed by atoms with Gasteiger partial charge in [0.2, 0.25) is 0 Å². The molecule has 1 aliphatic heterocycles. The van der Waals surface area contributed by atoms with Crippen LogP contribution < -0.4 is 10.2 Å². The van der Waals surface area contributed by atoms with Gasteiger partial charge < -0.3 is 10.2 Å². The molecular formula is C12H20N4O2S. The Morgan fingerprint density at radius 2 is 2.37 bits per heavy atom. The van der Waals surface area contributed by atoms with E-state index in [2.05, 4.69) is 20.4 Å². The van der Waals surface area contributed by atoms with E-state index in [-0.39, 0.29) is 5.75 Å². The smallest absolute Gasteiger partial charge is 0.151 e. The van der Waals surface area contributed by atoms with Gasteiger partial charge in [0.15, 0.2) is 5.82 Å². The van der Waals surface area contributed by atoms with Crippen LogP contribution in [0.25, 0.3) is 0 Å². The zero-order chi connectivity index (χ0) is 13.7. The van der Waals surface area contributed by atoms with Gasteiger partial charge in [0.25, 0.3) is 0 Å². The van der Waals surface area contributed by atoms with Gasteiger partial charge in [-0.3, -0.25) is 0 Å².